The maximum absolute atomic E-state index is 4.64. The van der Waals surface area contributed by atoms with Gasteiger partial charge in [-0.05, 0) is 6.08 Å². The molecule has 0 N–H and O–H groups in total. The van der Waals surface area contributed by atoms with E-state index in [0.717, 1.165) is 0 Å². The number of rotatable bonds is 0. The zero-order valence-electron chi connectivity index (χ0n) is 3.96. The van der Waals surface area contributed by atoms with Gasteiger partial charge in [-0.1, -0.05) is 0 Å². The molecule has 0 saturated carbocycles. The molecule has 1 aliphatic heterocycles. The lowest BCUT2D eigenvalue weighted by Gasteiger charge is -2.00. The fourth-order valence-electron chi connectivity index (χ4n) is 0.261. The molecule has 0 aliphatic carbocycles. The highest BCUT2D eigenvalue weighted by Crippen LogP contribution is 1.84. The van der Waals surface area contributed by atoms with Crippen molar-refractivity contribution in [2.45, 2.75) is 0 Å². The van der Waals surface area contributed by atoms with Crippen LogP contribution < -0.4 is 0 Å². The van der Waals surface area contributed by atoms with Crippen molar-refractivity contribution in [3.8, 4) is 0 Å². The van der Waals surface area contributed by atoms with E-state index in [0.29, 0.717) is 6.61 Å². The second-order valence-corrected chi connectivity index (χ2v) is 0.937. The molecule has 0 aromatic heterocycles. The quantitative estimate of drug-likeness (QED) is 0.331. The van der Waals surface area contributed by atoms with E-state index in [-0.39, 0.29) is 9.90 Å². The lowest BCUT2D eigenvalue weighted by atomic mass is 10.4. The molecule has 0 spiro atoms. The van der Waals surface area contributed by atoms with Gasteiger partial charge in [0.25, 0.3) is 0 Å². The summed E-state index contributed by atoms with van der Waals surface area (Å²) in [5.74, 6) is 0. The largest absolute Gasteiger partial charge is 0.572 e. The topological polar surface area (TPSA) is 18.5 Å². The van der Waals surface area contributed by atoms with E-state index < -0.39 is 0 Å². The molecule has 1 unspecified atom stereocenters. The Morgan fingerprint density at radius 1 is 1.57 bits per heavy atom. The van der Waals surface area contributed by atoms with Crippen molar-refractivity contribution in [1.29, 1.82) is 0 Å². The summed E-state index contributed by atoms with van der Waals surface area (Å²) < 4.78 is 9.18. The molecule has 1 aliphatic rings. The van der Waals surface area contributed by atoms with Crippen LogP contribution in [0.5, 0.6) is 0 Å². The van der Waals surface area contributed by atoms with Gasteiger partial charge in [0, 0.05) is 0 Å². The maximum Gasteiger partial charge on any atom is 0.572 e. The molecule has 0 saturated heterocycles. The average molecular weight is 117 g/mol. The van der Waals surface area contributed by atoms with Crippen LogP contribution in [0.15, 0.2) is 12.3 Å². The van der Waals surface area contributed by atoms with Crippen LogP contribution in [0.25, 0.3) is 0 Å². The fourth-order valence-corrected chi connectivity index (χ4v) is 0.261. The highest BCUT2D eigenvalue weighted by Gasteiger charge is 1.92. The molecule has 0 fully saturated rings. The maximum atomic E-state index is 4.64. The fraction of sp³-hybridized carbons (Fsp3) is 0.333. The van der Waals surface area contributed by atoms with Crippen molar-refractivity contribution in [1.82, 2.24) is 0 Å². The third-order valence-electron chi connectivity index (χ3n) is 0.491. The zero-order chi connectivity index (χ0) is 4.24. The van der Waals surface area contributed by atoms with Gasteiger partial charge in [-0.25, -0.2) is 0 Å². The van der Waals surface area contributed by atoms with Gasteiger partial charge < -0.3 is 9.31 Å². The summed E-state index contributed by atoms with van der Waals surface area (Å²) >= 11 is 0. The third-order valence-corrected chi connectivity index (χ3v) is 0.491. The van der Waals surface area contributed by atoms with E-state index in [2.05, 4.69) is 9.31 Å². The summed E-state index contributed by atoms with van der Waals surface area (Å²) in [7, 11) is 1.31. The first kappa shape index (κ1) is 6.99. The summed E-state index contributed by atoms with van der Waals surface area (Å²) in [6, 6.07) is 0. The molecular formula is C3H7BO2P. The molecule has 4 heteroatoms. The van der Waals surface area contributed by atoms with E-state index in [4.69, 9.17) is 0 Å². The second kappa shape index (κ2) is 4.16. The molecule has 1 heterocycles. The molecule has 0 bridgehead atoms. The Morgan fingerprint density at radius 3 is 2.57 bits per heavy atom. The Kier molecular flexibility index (Phi) is 4.16. The van der Waals surface area contributed by atoms with Crippen LogP contribution in [0.3, 0.4) is 0 Å². The molecule has 1 radical (unpaired) electrons. The Morgan fingerprint density at radius 2 is 2.43 bits per heavy atom. The number of hydrogen-bond acceptors (Lipinski definition) is 2. The highest BCUT2D eigenvalue weighted by atomic mass is 31.0. The Balaban J connectivity index is 0.000000360. The van der Waals surface area contributed by atoms with Crippen molar-refractivity contribution >= 4 is 17.6 Å². The molecule has 0 aromatic carbocycles. The third kappa shape index (κ3) is 2.66. The second-order valence-electron chi connectivity index (χ2n) is 0.937. The predicted molar refractivity (Wildman–Crippen MR) is 33.0 cm³/mol. The van der Waals surface area contributed by atoms with Crippen molar-refractivity contribution in [2.75, 3.05) is 6.61 Å². The van der Waals surface area contributed by atoms with Crippen LogP contribution >= 0.6 is 9.90 Å². The monoisotopic (exact) mass is 117 g/mol. The minimum atomic E-state index is 0. The van der Waals surface area contributed by atoms with Gasteiger partial charge in [-0.2, -0.15) is 9.90 Å². The summed E-state index contributed by atoms with van der Waals surface area (Å²) in [4.78, 5) is 0. The van der Waals surface area contributed by atoms with Gasteiger partial charge in [0.2, 0.25) is 0 Å². The summed E-state index contributed by atoms with van der Waals surface area (Å²) in [6.07, 6.45) is 3.38. The predicted octanol–water partition coefficient (Wildman–Crippen LogP) is 0.139. The van der Waals surface area contributed by atoms with Gasteiger partial charge in [0.15, 0.2) is 0 Å². The summed E-state index contributed by atoms with van der Waals surface area (Å²) in [5.41, 5.74) is 0. The Hall–Kier alpha value is -0.00506. The molecule has 1 rings (SSSR count). The first-order chi connectivity index (χ1) is 3.00. The van der Waals surface area contributed by atoms with Crippen molar-refractivity contribution < 1.29 is 9.31 Å². The van der Waals surface area contributed by atoms with Crippen LogP contribution in [-0.4, -0.2) is 14.3 Å². The van der Waals surface area contributed by atoms with Crippen molar-refractivity contribution in [3.63, 3.8) is 0 Å². The van der Waals surface area contributed by atoms with Crippen LogP contribution in [0.2, 0.25) is 0 Å². The van der Waals surface area contributed by atoms with Gasteiger partial charge in [0.05, 0.1) is 12.9 Å². The normalized spacial score (nSPS) is 16.0. The number of hydrogen-bond donors (Lipinski definition) is 0. The van der Waals surface area contributed by atoms with E-state index in [1.54, 1.807) is 12.3 Å². The van der Waals surface area contributed by atoms with Gasteiger partial charge in [0.1, 0.15) is 0 Å². The van der Waals surface area contributed by atoms with Crippen molar-refractivity contribution in [3.05, 3.63) is 12.3 Å². The van der Waals surface area contributed by atoms with Crippen LogP contribution in [0, 0.1) is 0 Å². The first-order valence-corrected chi connectivity index (χ1v) is 1.74. The lowest BCUT2D eigenvalue weighted by molar-refractivity contribution is 0.280. The molecule has 1 atom stereocenters. The van der Waals surface area contributed by atoms with Crippen LogP contribution in [-0.2, 0) is 9.31 Å². The van der Waals surface area contributed by atoms with E-state index in [1.165, 1.54) is 7.69 Å². The van der Waals surface area contributed by atoms with Gasteiger partial charge >= 0.3 is 7.69 Å². The average Bonchev–Trinajstić information content (AvgIpc) is 1.72. The molecule has 0 amide bonds. The molecule has 0 aromatic rings. The molecule has 2 nitrogen and oxygen atoms in total. The molecular weight excluding hydrogens is 110 g/mol. The van der Waals surface area contributed by atoms with Crippen molar-refractivity contribution in [2.24, 2.45) is 0 Å². The minimum absolute atomic E-state index is 0. The van der Waals surface area contributed by atoms with E-state index >= 15 is 0 Å². The Labute approximate surface area is 46.8 Å². The van der Waals surface area contributed by atoms with Gasteiger partial charge in [-0.3, -0.25) is 0 Å². The standard InChI is InChI=1S/C3H4BO2.H3P/c1-2-5-4-6-3-1;/h1-2H,3H2;1H3. The minimum Gasteiger partial charge on any atom is -0.543 e. The SMILES string of the molecule is P.[B]1OC=CCO1. The highest BCUT2D eigenvalue weighted by molar-refractivity contribution is 6.92. The molecule has 39 valence electrons. The van der Waals surface area contributed by atoms with Crippen LogP contribution in [0.4, 0.5) is 0 Å². The van der Waals surface area contributed by atoms with E-state index in [1.807, 2.05) is 0 Å². The summed E-state index contributed by atoms with van der Waals surface area (Å²) in [5, 5.41) is 0. The smallest absolute Gasteiger partial charge is 0.543 e. The Bertz CT molecular complexity index is 58.0. The van der Waals surface area contributed by atoms with E-state index in [9.17, 15) is 0 Å². The van der Waals surface area contributed by atoms with Gasteiger partial charge in [-0.15, -0.1) is 0 Å². The first-order valence-electron chi connectivity index (χ1n) is 1.74. The lowest BCUT2D eigenvalue weighted by Crippen LogP contribution is -2.04. The zero-order valence-corrected chi connectivity index (χ0v) is 5.38. The van der Waals surface area contributed by atoms with Crippen LogP contribution in [0.1, 0.15) is 0 Å². The summed E-state index contributed by atoms with van der Waals surface area (Å²) in [6.45, 7) is 0.639. The molecule has 7 heavy (non-hydrogen) atoms.